The summed E-state index contributed by atoms with van der Waals surface area (Å²) in [5, 5.41) is 3.30. The summed E-state index contributed by atoms with van der Waals surface area (Å²) in [4.78, 5) is 11.0. The summed E-state index contributed by atoms with van der Waals surface area (Å²) in [5.41, 5.74) is 6.12. The Morgan fingerprint density at radius 1 is 1.47 bits per heavy atom. The lowest BCUT2D eigenvalue weighted by molar-refractivity contribution is -0.116. The summed E-state index contributed by atoms with van der Waals surface area (Å²) < 4.78 is 5.36. The fraction of sp³-hybridized carbons (Fsp3) is 0.923. The molecule has 1 heterocycles. The fourth-order valence-electron chi connectivity index (χ4n) is 2.31. The number of ketones is 1. The van der Waals surface area contributed by atoms with Crippen molar-refractivity contribution in [2.45, 2.75) is 51.6 Å². The van der Waals surface area contributed by atoms with Gasteiger partial charge in [0.2, 0.25) is 0 Å². The van der Waals surface area contributed by atoms with Gasteiger partial charge in [0.05, 0.1) is 6.54 Å². The smallest absolute Gasteiger partial charge is 0.143 e. The van der Waals surface area contributed by atoms with Crippen LogP contribution < -0.4 is 11.1 Å². The average molecular weight is 242 g/mol. The van der Waals surface area contributed by atoms with E-state index in [1.54, 1.807) is 6.92 Å². The van der Waals surface area contributed by atoms with Crippen molar-refractivity contribution >= 4 is 5.78 Å². The van der Waals surface area contributed by atoms with Gasteiger partial charge in [0, 0.05) is 25.3 Å². The second-order valence-corrected chi connectivity index (χ2v) is 5.05. The van der Waals surface area contributed by atoms with E-state index in [9.17, 15) is 4.79 Å². The first kappa shape index (κ1) is 14.6. The van der Waals surface area contributed by atoms with Gasteiger partial charge in [0.25, 0.3) is 0 Å². The van der Waals surface area contributed by atoms with Gasteiger partial charge in [0.15, 0.2) is 0 Å². The Labute approximate surface area is 104 Å². The third-order valence-electron chi connectivity index (χ3n) is 3.53. The summed E-state index contributed by atoms with van der Waals surface area (Å²) in [6.45, 7) is 5.87. The predicted octanol–water partition coefficient (Wildman–Crippen LogP) is 1.09. The number of ether oxygens (including phenoxy) is 1. The van der Waals surface area contributed by atoms with Crippen molar-refractivity contribution in [3.05, 3.63) is 0 Å². The maximum absolute atomic E-state index is 11.0. The van der Waals surface area contributed by atoms with Gasteiger partial charge in [-0.2, -0.15) is 0 Å². The molecule has 2 unspecified atom stereocenters. The molecule has 1 fully saturated rings. The van der Waals surface area contributed by atoms with Crippen LogP contribution in [0.25, 0.3) is 0 Å². The van der Waals surface area contributed by atoms with Gasteiger partial charge in [-0.05, 0) is 38.5 Å². The number of Topliss-reactive ketones (excluding diaryl/α,β-unsaturated/α-hetero) is 1. The molecule has 0 amide bonds. The molecule has 0 saturated carbocycles. The Hall–Kier alpha value is -0.450. The predicted molar refractivity (Wildman–Crippen MR) is 68.9 cm³/mol. The highest BCUT2D eigenvalue weighted by atomic mass is 16.5. The second kappa shape index (κ2) is 7.80. The van der Waals surface area contributed by atoms with Crippen LogP contribution in [0.2, 0.25) is 0 Å². The van der Waals surface area contributed by atoms with Crippen molar-refractivity contribution in [3.63, 3.8) is 0 Å². The van der Waals surface area contributed by atoms with Crippen LogP contribution in [0.1, 0.15) is 39.5 Å². The molecule has 0 aromatic rings. The highest BCUT2D eigenvalue weighted by molar-refractivity contribution is 5.77. The number of hydrogen-bond acceptors (Lipinski definition) is 4. The van der Waals surface area contributed by atoms with E-state index in [-0.39, 0.29) is 17.9 Å². The zero-order valence-corrected chi connectivity index (χ0v) is 11.1. The molecule has 100 valence electrons. The lowest BCUT2D eigenvalue weighted by atomic mass is 9.89. The van der Waals surface area contributed by atoms with Gasteiger partial charge >= 0.3 is 0 Å². The Bertz CT molecular complexity index is 227. The minimum atomic E-state index is 0.136. The van der Waals surface area contributed by atoms with Gasteiger partial charge < -0.3 is 15.8 Å². The minimum Gasteiger partial charge on any atom is -0.381 e. The number of carbonyl (C=O) groups excluding carboxylic acids is 1. The summed E-state index contributed by atoms with van der Waals surface area (Å²) in [6.07, 6.45) is 4.24. The normalized spacial score (nSPS) is 21.1. The van der Waals surface area contributed by atoms with Crippen LogP contribution in [0.15, 0.2) is 0 Å². The van der Waals surface area contributed by atoms with E-state index in [2.05, 4.69) is 12.2 Å². The van der Waals surface area contributed by atoms with E-state index in [4.69, 9.17) is 10.5 Å². The van der Waals surface area contributed by atoms with Crippen LogP contribution in [0, 0.1) is 5.92 Å². The first-order valence-electron chi connectivity index (χ1n) is 6.69. The van der Waals surface area contributed by atoms with Crippen molar-refractivity contribution < 1.29 is 9.53 Å². The molecule has 0 bridgehead atoms. The third kappa shape index (κ3) is 5.61. The highest BCUT2D eigenvalue weighted by Gasteiger charge is 2.22. The molecule has 2 atom stereocenters. The molecule has 1 aliphatic rings. The minimum absolute atomic E-state index is 0.136. The maximum atomic E-state index is 11.0. The quantitative estimate of drug-likeness (QED) is 0.701. The second-order valence-electron chi connectivity index (χ2n) is 5.05. The molecule has 17 heavy (non-hydrogen) atoms. The van der Waals surface area contributed by atoms with E-state index in [1.165, 1.54) is 0 Å². The van der Waals surface area contributed by atoms with Crippen LogP contribution in [0.3, 0.4) is 0 Å². The van der Waals surface area contributed by atoms with E-state index in [0.29, 0.717) is 12.5 Å². The Morgan fingerprint density at radius 2 is 2.12 bits per heavy atom. The van der Waals surface area contributed by atoms with Gasteiger partial charge in [-0.3, -0.25) is 4.79 Å². The molecule has 1 saturated heterocycles. The summed E-state index contributed by atoms with van der Waals surface area (Å²) in [7, 11) is 0. The van der Waals surface area contributed by atoms with Gasteiger partial charge in [-0.15, -0.1) is 0 Å². The number of nitrogens with one attached hydrogen (secondary N) is 1. The van der Waals surface area contributed by atoms with Gasteiger partial charge in [-0.25, -0.2) is 0 Å². The van der Waals surface area contributed by atoms with E-state index in [0.717, 1.165) is 38.9 Å². The van der Waals surface area contributed by atoms with Crippen LogP contribution in [-0.4, -0.2) is 37.6 Å². The van der Waals surface area contributed by atoms with Crippen molar-refractivity contribution in [2.75, 3.05) is 19.8 Å². The molecule has 0 aliphatic carbocycles. The van der Waals surface area contributed by atoms with Crippen LogP contribution in [0.4, 0.5) is 0 Å². The van der Waals surface area contributed by atoms with E-state index in [1.807, 2.05) is 0 Å². The van der Waals surface area contributed by atoms with Crippen LogP contribution >= 0.6 is 0 Å². The SMILES string of the molecule is CCC(N)C(CC1CCOCC1)NCC(C)=O. The molecule has 1 aliphatic heterocycles. The average Bonchev–Trinajstić information content (AvgIpc) is 2.34. The number of rotatable bonds is 7. The summed E-state index contributed by atoms with van der Waals surface area (Å²) >= 11 is 0. The molecule has 3 N–H and O–H groups in total. The fourth-order valence-corrected chi connectivity index (χ4v) is 2.31. The molecule has 1 rings (SSSR count). The lowest BCUT2D eigenvalue weighted by Crippen LogP contribution is -2.47. The van der Waals surface area contributed by atoms with Crippen molar-refractivity contribution in [1.29, 1.82) is 0 Å². The Morgan fingerprint density at radius 3 is 2.65 bits per heavy atom. The molecule has 0 aromatic heterocycles. The molecule has 0 radical (unpaired) electrons. The van der Waals surface area contributed by atoms with Gasteiger partial charge in [0.1, 0.15) is 5.78 Å². The summed E-state index contributed by atoms with van der Waals surface area (Å²) in [5.74, 6) is 0.857. The molecule has 0 spiro atoms. The third-order valence-corrected chi connectivity index (χ3v) is 3.53. The van der Waals surface area contributed by atoms with Crippen molar-refractivity contribution in [1.82, 2.24) is 5.32 Å². The van der Waals surface area contributed by atoms with Gasteiger partial charge in [-0.1, -0.05) is 6.92 Å². The Kier molecular flexibility index (Phi) is 6.70. The van der Waals surface area contributed by atoms with Crippen LogP contribution in [-0.2, 0) is 9.53 Å². The maximum Gasteiger partial charge on any atom is 0.143 e. The first-order valence-corrected chi connectivity index (χ1v) is 6.69. The van der Waals surface area contributed by atoms with E-state index >= 15 is 0 Å². The molecular formula is C13H26N2O2. The van der Waals surface area contributed by atoms with Crippen molar-refractivity contribution in [3.8, 4) is 0 Å². The highest BCUT2D eigenvalue weighted by Crippen LogP contribution is 2.21. The topological polar surface area (TPSA) is 64.3 Å². The molecule has 0 aromatic carbocycles. The van der Waals surface area contributed by atoms with Crippen LogP contribution in [0.5, 0.6) is 0 Å². The molecular weight excluding hydrogens is 216 g/mol. The molecule has 4 heteroatoms. The Balaban J connectivity index is 2.40. The number of carbonyl (C=O) groups is 1. The lowest BCUT2D eigenvalue weighted by Gasteiger charge is -2.30. The zero-order valence-electron chi connectivity index (χ0n) is 11.1. The molecule has 4 nitrogen and oxygen atoms in total. The standard InChI is InChI=1S/C13H26N2O2/c1-3-12(14)13(15-9-10(2)16)8-11-4-6-17-7-5-11/h11-13,15H,3-9,14H2,1-2H3. The van der Waals surface area contributed by atoms with E-state index < -0.39 is 0 Å². The summed E-state index contributed by atoms with van der Waals surface area (Å²) in [6, 6.07) is 0.393. The monoisotopic (exact) mass is 242 g/mol. The first-order chi connectivity index (χ1) is 8.13. The number of nitrogens with two attached hydrogens (primary N) is 1. The zero-order chi connectivity index (χ0) is 12.7. The number of hydrogen-bond donors (Lipinski definition) is 2. The van der Waals surface area contributed by atoms with Crippen molar-refractivity contribution in [2.24, 2.45) is 11.7 Å². The largest absolute Gasteiger partial charge is 0.381 e.